The standard InChI is InChI=1S/C13H22N4O/c1-4-6-9-17(10(3)5-2)13(18)11-7-8-12(14)16-15-11/h7-8,10H,4-6,9H2,1-3H3,(H2,14,16). The average Bonchev–Trinajstić information content (AvgIpc) is 2.39. The molecule has 0 saturated heterocycles. The van der Waals surface area contributed by atoms with Crippen molar-refractivity contribution >= 4 is 11.7 Å². The van der Waals surface area contributed by atoms with Gasteiger partial charge in [-0.3, -0.25) is 4.79 Å². The number of unbranched alkanes of at least 4 members (excludes halogenated alkanes) is 1. The molecule has 1 unspecified atom stereocenters. The first-order valence-electron chi connectivity index (χ1n) is 6.50. The highest BCUT2D eigenvalue weighted by Gasteiger charge is 2.21. The quantitative estimate of drug-likeness (QED) is 0.839. The number of hydrogen-bond donors (Lipinski definition) is 1. The highest BCUT2D eigenvalue weighted by Crippen LogP contribution is 2.11. The van der Waals surface area contributed by atoms with Gasteiger partial charge in [0.2, 0.25) is 0 Å². The molecular formula is C13H22N4O. The molecule has 100 valence electrons. The lowest BCUT2D eigenvalue weighted by Gasteiger charge is -2.28. The first-order valence-corrected chi connectivity index (χ1v) is 6.50. The summed E-state index contributed by atoms with van der Waals surface area (Å²) in [5.74, 6) is 0.264. The molecule has 0 spiro atoms. The van der Waals surface area contributed by atoms with Crippen LogP contribution in [-0.4, -0.2) is 33.6 Å². The molecule has 1 rings (SSSR count). The Morgan fingerprint density at radius 3 is 2.61 bits per heavy atom. The zero-order chi connectivity index (χ0) is 13.5. The fraction of sp³-hybridized carbons (Fsp3) is 0.615. The van der Waals surface area contributed by atoms with Crippen molar-refractivity contribution in [3.63, 3.8) is 0 Å². The molecule has 18 heavy (non-hydrogen) atoms. The third-order valence-corrected chi connectivity index (χ3v) is 3.04. The highest BCUT2D eigenvalue weighted by molar-refractivity contribution is 5.92. The van der Waals surface area contributed by atoms with E-state index in [1.165, 1.54) is 0 Å². The zero-order valence-corrected chi connectivity index (χ0v) is 11.4. The van der Waals surface area contributed by atoms with E-state index < -0.39 is 0 Å². The Kier molecular flexibility index (Phi) is 5.55. The third-order valence-electron chi connectivity index (χ3n) is 3.04. The predicted molar refractivity (Wildman–Crippen MR) is 72.1 cm³/mol. The molecule has 1 aromatic rings. The lowest BCUT2D eigenvalue weighted by Crippen LogP contribution is -2.39. The van der Waals surface area contributed by atoms with Crippen molar-refractivity contribution in [3.8, 4) is 0 Å². The van der Waals surface area contributed by atoms with Gasteiger partial charge in [-0.05, 0) is 31.9 Å². The van der Waals surface area contributed by atoms with Gasteiger partial charge >= 0.3 is 0 Å². The monoisotopic (exact) mass is 250 g/mol. The van der Waals surface area contributed by atoms with E-state index >= 15 is 0 Å². The van der Waals surface area contributed by atoms with Crippen LogP contribution < -0.4 is 5.73 Å². The van der Waals surface area contributed by atoms with Crippen LogP contribution in [0.5, 0.6) is 0 Å². The molecule has 0 aliphatic carbocycles. The van der Waals surface area contributed by atoms with Crippen LogP contribution in [0.15, 0.2) is 12.1 Å². The second-order valence-electron chi connectivity index (χ2n) is 4.45. The van der Waals surface area contributed by atoms with E-state index in [4.69, 9.17) is 5.73 Å². The topological polar surface area (TPSA) is 72.1 Å². The minimum Gasteiger partial charge on any atom is -0.382 e. The van der Waals surface area contributed by atoms with Crippen LogP contribution in [0.2, 0.25) is 0 Å². The lowest BCUT2D eigenvalue weighted by molar-refractivity contribution is 0.0678. The maximum absolute atomic E-state index is 12.3. The molecule has 0 aliphatic rings. The maximum Gasteiger partial charge on any atom is 0.274 e. The molecule has 0 fully saturated rings. The summed E-state index contributed by atoms with van der Waals surface area (Å²) in [6, 6.07) is 3.45. The number of anilines is 1. The number of rotatable bonds is 6. The fourth-order valence-electron chi connectivity index (χ4n) is 1.67. The first-order chi connectivity index (χ1) is 8.60. The average molecular weight is 250 g/mol. The first kappa shape index (κ1) is 14.4. The molecular weight excluding hydrogens is 228 g/mol. The molecule has 0 saturated carbocycles. The number of carbonyl (C=O) groups excluding carboxylic acids is 1. The van der Waals surface area contributed by atoms with Crippen LogP contribution in [0.4, 0.5) is 5.82 Å². The Labute approximate surface area is 108 Å². The Bertz CT molecular complexity index is 377. The van der Waals surface area contributed by atoms with E-state index in [0.717, 1.165) is 25.8 Å². The van der Waals surface area contributed by atoms with Gasteiger partial charge in [-0.15, -0.1) is 10.2 Å². The maximum atomic E-state index is 12.3. The largest absolute Gasteiger partial charge is 0.382 e. The van der Waals surface area contributed by atoms with Crippen molar-refractivity contribution in [1.29, 1.82) is 0 Å². The predicted octanol–water partition coefficient (Wildman–Crippen LogP) is 2.10. The van der Waals surface area contributed by atoms with Gasteiger partial charge in [0.05, 0.1) is 0 Å². The summed E-state index contributed by atoms with van der Waals surface area (Å²) in [7, 11) is 0. The summed E-state index contributed by atoms with van der Waals surface area (Å²) in [5, 5.41) is 7.59. The van der Waals surface area contributed by atoms with Crippen molar-refractivity contribution in [1.82, 2.24) is 15.1 Å². The van der Waals surface area contributed by atoms with E-state index in [9.17, 15) is 4.79 Å². The summed E-state index contributed by atoms with van der Waals surface area (Å²) >= 11 is 0. The van der Waals surface area contributed by atoms with Crippen molar-refractivity contribution in [3.05, 3.63) is 17.8 Å². The summed E-state index contributed by atoms with van der Waals surface area (Å²) in [4.78, 5) is 14.2. The van der Waals surface area contributed by atoms with Gasteiger partial charge in [0.15, 0.2) is 5.69 Å². The normalized spacial score (nSPS) is 12.2. The second-order valence-corrected chi connectivity index (χ2v) is 4.45. The van der Waals surface area contributed by atoms with E-state index in [2.05, 4.69) is 31.0 Å². The molecule has 1 amide bonds. The SMILES string of the molecule is CCCCN(C(=O)c1ccc(N)nn1)C(C)CC. The molecule has 0 bridgehead atoms. The zero-order valence-electron chi connectivity index (χ0n) is 11.4. The van der Waals surface area contributed by atoms with Gasteiger partial charge in [-0.2, -0.15) is 0 Å². The van der Waals surface area contributed by atoms with Gasteiger partial charge in [0, 0.05) is 12.6 Å². The smallest absolute Gasteiger partial charge is 0.274 e. The Morgan fingerprint density at radius 2 is 2.11 bits per heavy atom. The Balaban J connectivity index is 2.83. The van der Waals surface area contributed by atoms with E-state index in [0.29, 0.717) is 11.5 Å². The van der Waals surface area contributed by atoms with Crippen molar-refractivity contribution < 1.29 is 4.79 Å². The molecule has 2 N–H and O–H groups in total. The van der Waals surface area contributed by atoms with Crippen molar-refractivity contribution in [2.24, 2.45) is 0 Å². The van der Waals surface area contributed by atoms with Crippen LogP contribution >= 0.6 is 0 Å². The second kappa shape index (κ2) is 6.93. The summed E-state index contributed by atoms with van der Waals surface area (Å²) in [5.41, 5.74) is 5.83. The van der Waals surface area contributed by atoms with Gasteiger partial charge < -0.3 is 10.6 Å². The number of hydrogen-bond acceptors (Lipinski definition) is 4. The van der Waals surface area contributed by atoms with Gasteiger partial charge in [-0.25, -0.2) is 0 Å². The fourth-order valence-corrected chi connectivity index (χ4v) is 1.67. The van der Waals surface area contributed by atoms with Crippen LogP contribution in [0.3, 0.4) is 0 Å². The number of carbonyl (C=O) groups is 1. The summed E-state index contributed by atoms with van der Waals surface area (Å²) in [6.07, 6.45) is 2.99. The van der Waals surface area contributed by atoms with E-state index in [1.54, 1.807) is 12.1 Å². The number of aromatic nitrogens is 2. The number of nitrogen functional groups attached to an aromatic ring is 1. The molecule has 5 heteroatoms. The minimum atomic E-state index is -0.0645. The summed E-state index contributed by atoms with van der Waals surface area (Å²) in [6.45, 7) is 7.00. The van der Waals surface area contributed by atoms with Crippen LogP contribution in [-0.2, 0) is 0 Å². The number of amides is 1. The minimum absolute atomic E-state index is 0.0645. The molecule has 0 aliphatic heterocycles. The molecule has 0 aromatic carbocycles. The van der Waals surface area contributed by atoms with Crippen LogP contribution in [0.25, 0.3) is 0 Å². The molecule has 1 aromatic heterocycles. The van der Waals surface area contributed by atoms with E-state index in [-0.39, 0.29) is 11.9 Å². The third kappa shape index (κ3) is 3.68. The van der Waals surface area contributed by atoms with Gasteiger partial charge in [-0.1, -0.05) is 20.3 Å². The molecule has 1 atom stereocenters. The summed E-state index contributed by atoms with van der Waals surface area (Å²) < 4.78 is 0. The van der Waals surface area contributed by atoms with Gasteiger partial charge in [0.1, 0.15) is 5.82 Å². The molecule has 5 nitrogen and oxygen atoms in total. The molecule has 0 radical (unpaired) electrons. The Morgan fingerprint density at radius 1 is 1.39 bits per heavy atom. The molecule has 1 heterocycles. The van der Waals surface area contributed by atoms with Crippen LogP contribution in [0, 0.1) is 0 Å². The highest BCUT2D eigenvalue weighted by atomic mass is 16.2. The van der Waals surface area contributed by atoms with Crippen molar-refractivity contribution in [2.45, 2.75) is 46.1 Å². The number of nitrogens with zero attached hydrogens (tertiary/aromatic N) is 3. The number of nitrogens with two attached hydrogens (primary N) is 1. The van der Waals surface area contributed by atoms with Crippen molar-refractivity contribution in [2.75, 3.05) is 12.3 Å². The van der Waals surface area contributed by atoms with E-state index in [1.807, 2.05) is 4.90 Å². The Hall–Kier alpha value is -1.65. The van der Waals surface area contributed by atoms with Crippen LogP contribution in [0.1, 0.15) is 50.5 Å². The van der Waals surface area contributed by atoms with Gasteiger partial charge in [0.25, 0.3) is 5.91 Å². The lowest BCUT2D eigenvalue weighted by atomic mass is 10.1.